The van der Waals surface area contributed by atoms with E-state index in [-0.39, 0.29) is 0 Å². The first-order chi connectivity index (χ1) is 8.41. The zero-order chi connectivity index (χ0) is 12.6. The van der Waals surface area contributed by atoms with E-state index in [0.29, 0.717) is 52.8 Å². The van der Waals surface area contributed by atoms with Crippen LogP contribution < -0.4 is 4.91 Å². The quantitative estimate of drug-likeness (QED) is 0.294. The van der Waals surface area contributed by atoms with Gasteiger partial charge >= 0.3 is 0 Å². The maximum Gasteiger partial charge on any atom is 0.214 e. The summed E-state index contributed by atoms with van der Waals surface area (Å²) in [6.07, 6.45) is 0. The van der Waals surface area contributed by atoms with Crippen LogP contribution in [0, 0.1) is 5.53 Å². The third-order valence-electron chi connectivity index (χ3n) is 1.73. The molecule has 0 heterocycles. The summed E-state index contributed by atoms with van der Waals surface area (Å²) in [5.41, 5.74) is 6.41. The van der Waals surface area contributed by atoms with E-state index >= 15 is 0 Å². The van der Waals surface area contributed by atoms with Crippen molar-refractivity contribution >= 4 is 0 Å². The predicted molar refractivity (Wildman–Crippen MR) is 61.1 cm³/mol. The molecule has 0 aromatic rings. The molecule has 0 amide bonds. The van der Waals surface area contributed by atoms with E-state index in [4.69, 9.17) is 24.5 Å². The first kappa shape index (κ1) is 16.1. The van der Waals surface area contributed by atoms with Crippen molar-refractivity contribution in [2.75, 3.05) is 59.4 Å². The number of ether oxygens (including phenoxy) is 4. The number of nitrogens with one attached hydrogen (secondary N) is 1. The highest BCUT2D eigenvalue weighted by Gasteiger charge is 1.92. The molecule has 7 nitrogen and oxygen atoms in total. The average Bonchev–Trinajstić information content (AvgIpc) is 2.35. The third kappa shape index (κ3) is 15.1. The summed E-state index contributed by atoms with van der Waals surface area (Å²) in [5.74, 6) is 0. The van der Waals surface area contributed by atoms with Crippen LogP contribution in [0.5, 0.6) is 0 Å². The Kier molecular flexibility index (Phi) is 14.4. The lowest BCUT2D eigenvalue weighted by molar-refractivity contribution is 0.000313. The third-order valence-corrected chi connectivity index (χ3v) is 1.73. The van der Waals surface area contributed by atoms with E-state index in [1.54, 1.807) is 0 Å². The maximum absolute atomic E-state index is 6.41. The molecule has 0 unspecified atom stereocenters. The van der Waals surface area contributed by atoms with Gasteiger partial charge in [0.25, 0.3) is 0 Å². The Hall–Kier alpha value is -0.850. The molecular weight excluding hydrogens is 226 g/mol. The van der Waals surface area contributed by atoms with Gasteiger partial charge in [0.2, 0.25) is 4.91 Å². The fraction of sp³-hybridized carbons (Fsp3) is 1.00. The molecule has 0 aliphatic carbocycles. The highest BCUT2D eigenvalue weighted by Crippen LogP contribution is 1.82. The Morgan fingerprint density at radius 1 is 0.824 bits per heavy atom. The van der Waals surface area contributed by atoms with Gasteiger partial charge in [-0.05, 0) is 6.92 Å². The molecule has 0 saturated carbocycles. The summed E-state index contributed by atoms with van der Waals surface area (Å²) in [6, 6.07) is 0. The molecule has 0 radical (unpaired) electrons. The van der Waals surface area contributed by atoms with Gasteiger partial charge < -0.3 is 18.9 Å². The van der Waals surface area contributed by atoms with Gasteiger partial charge in [-0.2, -0.15) is 0 Å². The zero-order valence-corrected chi connectivity index (χ0v) is 10.4. The minimum atomic E-state index is 0.421. The van der Waals surface area contributed by atoms with E-state index in [1.807, 2.05) is 6.92 Å². The molecule has 0 atom stereocenters. The molecule has 0 fully saturated rings. The second kappa shape index (κ2) is 15.1. The summed E-state index contributed by atoms with van der Waals surface area (Å²) in [6.45, 7) is 6.98. The molecule has 17 heavy (non-hydrogen) atoms. The number of nitrogens with zero attached hydrogens (tertiary/aromatic N) is 2. The second-order valence-corrected chi connectivity index (χ2v) is 3.00. The molecule has 7 heteroatoms. The molecule has 1 N–H and O–H groups in total. The van der Waals surface area contributed by atoms with Crippen LogP contribution in [-0.2, 0) is 18.9 Å². The van der Waals surface area contributed by atoms with Crippen LogP contribution in [0.3, 0.4) is 0 Å². The Labute approximate surface area is 102 Å². The van der Waals surface area contributed by atoms with E-state index in [1.165, 1.54) is 0 Å². The highest BCUT2D eigenvalue weighted by atomic mass is 16.6. The lowest BCUT2D eigenvalue weighted by Crippen LogP contribution is -2.12. The molecule has 0 rings (SSSR count). The smallest absolute Gasteiger partial charge is 0.214 e. The minimum Gasteiger partial charge on any atom is -0.379 e. The Morgan fingerprint density at radius 2 is 1.29 bits per heavy atom. The highest BCUT2D eigenvalue weighted by molar-refractivity contribution is 4.36. The Balaban J connectivity index is 2.91. The molecule has 0 bridgehead atoms. The zero-order valence-electron chi connectivity index (χ0n) is 10.4. The van der Waals surface area contributed by atoms with Crippen molar-refractivity contribution in [3.63, 3.8) is 0 Å². The molecular formula is C10H22N3O4+. The van der Waals surface area contributed by atoms with Crippen LogP contribution in [0.2, 0.25) is 0 Å². The monoisotopic (exact) mass is 248 g/mol. The van der Waals surface area contributed by atoms with Gasteiger partial charge in [-0.15, -0.1) is 0 Å². The van der Waals surface area contributed by atoms with Crippen LogP contribution in [0.1, 0.15) is 6.92 Å². The van der Waals surface area contributed by atoms with Crippen LogP contribution in [0.4, 0.5) is 0 Å². The number of rotatable bonds is 13. The predicted octanol–water partition coefficient (Wildman–Crippen LogP) is 0.623. The van der Waals surface area contributed by atoms with Crippen molar-refractivity contribution in [2.24, 2.45) is 5.11 Å². The lowest BCUT2D eigenvalue weighted by Gasteiger charge is -2.05. The Morgan fingerprint density at radius 3 is 1.76 bits per heavy atom. The van der Waals surface area contributed by atoms with Crippen LogP contribution in [-0.4, -0.2) is 59.4 Å². The second-order valence-electron chi connectivity index (χ2n) is 3.00. The first-order valence-electron chi connectivity index (χ1n) is 5.76. The molecule has 0 aliphatic heterocycles. The van der Waals surface area contributed by atoms with Crippen molar-refractivity contribution < 1.29 is 18.9 Å². The summed E-state index contributed by atoms with van der Waals surface area (Å²) in [7, 11) is 0. The summed E-state index contributed by atoms with van der Waals surface area (Å²) in [4.78, 5) is 2.86. The van der Waals surface area contributed by atoms with Crippen molar-refractivity contribution in [1.82, 2.24) is 4.91 Å². The lowest BCUT2D eigenvalue weighted by atomic mass is 10.7. The van der Waals surface area contributed by atoms with Gasteiger partial charge in [0, 0.05) is 6.61 Å². The van der Waals surface area contributed by atoms with Crippen LogP contribution >= 0.6 is 0 Å². The molecule has 0 aromatic heterocycles. The minimum absolute atomic E-state index is 0.421. The van der Waals surface area contributed by atoms with Crippen LogP contribution in [0.15, 0.2) is 5.11 Å². The van der Waals surface area contributed by atoms with Crippen LogP contribution in [0.25, 0.3) is 0 Å². The van der Waals surface area contributed by atoms with Gasteiger partial charge in [0.1, 0.15) is 17.2 Å². The number of hydrogen-bond acceptors (Lipinski definition) is 6. The van der Waals surface area contributed by atoms with Crippen molar-refractivity contribution in [2.45, 2.75) is 6.92 Å². The van der Waals surface area contributed by atoms with Gasteiger partial charge in [-0.25, -0.2) is 0 Å². The van der Waals surface area contributed by atoms with E-state index in [9.17, 15) is 0 Å². The van der Waals surface area contributed by atoms with E-state index in [2.05, 4.69) is 10.0 Å². The molecule has 0 aliphatic rings. The van der Waals surface area contributed by atoms with Gasteiger partial charge in [0.05, 0.1) is 46.2 Å². The van der Waals surface area contributed by atoms with Gasteiger partial charge in [-0.1, -0.05) is 0 Å². The SMILES string of the molecule is CCOCCOCCOCCOCCN=[N+]=N. The summed E-state index contributed by atoms with van der Waals surface area (Å²) in [5, 5.41) is 3.45. The molecule has 0 saturated heterocycles. The normalized spacial score (nSPS) is 10.2. The van der Waals surface area contributed by atoms with E-state index in [0.717, 1.165) is 6.61 Å². The first-order valence-corrected chi connectivity index (χ1v) is 5.76. The van der Waals surface area contributed by atoms with Crippen molar-refractivity contribution in [3.8, 4) is 0 Å². The summed E-state index contributed by atoms with van der Waals surface area (Å²) >= 11 is 0. The molecule has 100 valence electrons. The number of hydrogen-bond donors (Lipinski definition) is 1. The fourth-order valence-electron chi connectivity index (χ4n) is 0.959. The molecule has 0 aromatic carbocycles. The van der Waals surface area contributed by atoms with E-state index < -0.39 is 0 Å². The largest absolute Gasteiger partial charge is 0.379 e. The topological polar surface area (TPSA) is 87.2 Å². The standard InChI is InChI=1S/C10H22N3O4/c1-2-14-5-6-16-9-10-17-8-7-15-4-3-12-13-11/h11H,2-10H2,1H3/q+1. The fourth-order valence-corrected chi connectivity index (χ4v) is 0.959. The average molecular weight is 248 g/mol. The summed E-state index contributed by atoms with van der Waals surface area (Å²) < 4.78 is 20.8. The van der Waals surface area contributed by atoms with Gasteiger partial charge in [-0.3, -0.25) is 0 Å². The molecule has 0 spiro atoms. The van der Waals surface area contributed by atoms with Gasteiger partial charge in [0.15, 0.2) is 0 Å². The van der Waals surface area contributed by atoms with Crippen molar-refractivity contribution in [3.05, 3.63) is 0 Å². The van der Waals surface area contributed by atoms with Crippen molar-refractivity contribution in [1.29, 1.82) is 5.53 Å². The maximum atomic E-state index is 6.41. The Bertz CT molecular complexity index is 198.